The van der Waals surface area contributed by atoms with Crippen molar-refractivity contribution in [3.8, 4) is 0 Å². The Morgan fingerprint density at radius 2 is 2.38 bits per heavy atom. The number of carbonyl (C=O) groups is 1. The molecule has 1 heterocycles. The number of carbonyl (C=O) groups excluding carboxylic acids is 1. The first kappa shape index (κ1) is 10.7. The van der Waals surface area contributed by atoms with Crippen LogP contribution >= 0.6 is 27.3 Å². The highest BCUT2D eigenvalue weighted by Gasteiger charge is 2.00. The first-order chi connectivity index (χ1) is 6.22. The predicted octanol–water partition coefficient (Wildman–Crippen LogP) is 1.82. The van der Waals surface area contributed by atoms with E-state index in [4.69, 9.17) is 5.84 Å². The molecule has 0 fully saturated rings. The summed E-state index contributed by atoms with van der Waals surface area (Å²) >= 11 is 5.09. The standard InChI is InChI=1S/C8H11BrN2OS/c9-7-5-4-6(13-7)2-1-3-8(12)11-10/h4-5H,1-3,10H2,(H,11,12). The van der Waals surface area contributed by atoms with Gasteiger partial charge in [-0.2, -0.15) is 0 Å². The van der Waals surface area contributed by atoms with Gasteiger partial charge < -0.3 is 0 Å². The minimum atomic E-state index is -0.101. The highest BCUT2D eigenvalue weighted by molar-refractivity contribution is 9.11. The Bertz CT molecular complexity index is 287. The highest BCUT2D eigenvalue weighted by atomic mass is 79.9. The Balaban J connectivity index is 2.24. The molecule has 0 spiro atoms. The Hall–Kier alpha value is -0.390. The third-order valence-electron chi connectivity index (χ3n) is 1.62. The van der Waals surface area contributed by atoms with Crippen molar-refractivity contribution < 1.29 is 4.79 Å². The van der Waals surface area contributed by atoms with Gasteiger partial charge in [0, 0.05) is 11.3 Å². The van der Waals surface area contributed by atoms with Gasteiger partial charge in [0.1, 0.15) is 0 Å². The molecule has 0 aliphatic heterocycles. The second-order valence-electron chi connectivity index (χ2n) is 2.63. The largest absolute Gasteiger partial charge is 0.294 e. The van der Waals surface area contributed by atoms with E-state index in [1.807, 2.05) is 6.07 Å². The number of nitrogens with one attached hydrogen (secondary N) is 1. The SMILES string of the molecule is NNC(=O)CCCc1ccc(Br)s1. The lowest BCUT2D eigenvalue weighted by molar-refractivity contribution is -0.121. The predicted molar refractivity (Wildman–Crippen MR) is 57.3 cm³/mol. The van der Waals surface area contributed by atoms with Crippen LogP contribution in [-0.4, -0.2) is 5.91 Å². The summed E-state index contributed by atoms with van der Waals surface area (Å²) in [5, 5.41) is 0. The van der Waals surface area contributed by atoms with Crippen molar-refractivity contribution in [2.45, 2.75) is 19.3 Å². The number of amides is 1. The van der Waals surface area contributed by atoms with Crippen LogP contribution < -0.4 is 11.3 Å². The lowest BCUT2D eigenvalue weighted by atomic mass is 10.2. The molecule has 13 heavy (non-hydrogen) atoms. The summed E-state index contributed by atoms with van der Waals surface area (Å²) in [6.45, 7) is 0. The van der Waals surface area contributed by atoms with E-state index in [-0.39, 0.29) is 5.91 Å². The molecule has 5 heteroatoms. The first-order valence-corrected chi connectivity index (χ1v) is 5.57. The van der Waals surface area contributed by atoms with E-state index >= 15 is 0 Å². The second kappa shape index (κ2) is 5.36. The molecule has 0 radical (unpaired) electrons. The summed E-state index contributed by atoms with van der Waals surface area (Å²) in [5.41, 5.74) is 2.11. The molecule has 1 rings (SSSR count). The average molecular weight is 263 g/mol. The van der Waals surface area contributed by atoms with Crippen LogP contribution in [0.3, 0.4) is 0 Å². The molecule has 0 aliphatic carbocycles. The summed E-state index contributed by atoms with van der Waals surface area (Å²) in [6, 6.07) is 4.08. The van der Waals surface area contributed by atoms with Crippen molar-refractivity contribution >= 4 is 33.2 Å². The van der Waals surface area contributed by atoms with E-state index in [1.165, 1.54) is 4.88 Å². The number of hydrogen-bond acceptors (Lipinski definition) is 3. The van der Waals surface area contributed by atoms with E-state index < -0.39 is 0 Å². The van der Waals surface area contributed by atoms with Crippen molar-refractivity contribution in [3.63, 3.8) is 0 Å². The van der Waals surface area contributed by atoms with Gasteiger partial charge >= 0.3 is 0 Å². The van der Waals surface area contributed by atoms with E-state index in [9.17, 15) is 4.79 Å². The summed E-state index contributed by atoms with van der Waals surface area (Å²) in [7, 11) is 0. The van der Waals surface area contributed by atoms with E-state index in [0.29, 0.717) is 6.42 Å². The normalized spacial score (nSPS) is 10.0. The smallest absolute Gasteiger partial charge is 0.233 e. The topological polar surface area (TPSA) is 55.1 Å². The van der Waals surface area contributed by atoms with Crippen LogP contribution in [0, 0.1) is 0 Å². The van der Waals surface area contributed by atoms with Gasteiger partial charge in [-0.1, -0.05) is 0 Å². The number of halogens is 1. The van der Waals surface area contributed by atoms with E-state index in [1.54, 1.807) is 11.3 Å². The molecule has 0 saturated heterocycles. The minimum Gasteiger partial charge on any atom is -0.294 e. The minimum absolute atomic E-state index is 0.101. The summed E-state index contributed by atoms with van der Waals surface area (Å²) in [4.78, 5) is 12.1. The highest BCUT2D eigenvalue weighted by Crippen LogP contribution is 2.23. The molecule has 72 valence electrons. The monoisotopic (exact) mass is 262 g/mol. The Kier molecular flexibility index (Phi) is 4.41. The molecule has 0 aliphatic rings. The summed E-state index contributed by atoms with van der Waals surface area (Å²) in [5.74, 6) is 4.85. The molecule has 0 saturated carbocycles. The van der Waals surface area contributed by atoms with Gasteiger partial charge in [-0.3, -0.25) is 10.2 Å². The Labute approximate surface area is 89.4 Å². The van der Waals surface area contributed by atoms with Gasteiger partial charge in [0.15, 0.2) is 0 Å². The maximum absolute atomic E-state index is 10.8. The third-order valence-corrected chi connectivity index (χ3v) is 3.30. The zero-order valence-corrected chi connectivity index (χ0v) is 9.45. The van der Waals surface area contributed by atoms with Crippen LogP contribution in [0.1, 0.15) is 17.7 Å². The molecule has 0 atom stereocenters. The third kappa shape index (κ3) is 3.89. The van der Waals surface area contributed by atoms with Crippen molar-refractivity contribution in [1.82, 2.24) is 5.43 Å². The van der Waals surface area contributed by atoms with Crippen LogP contribution in [0.2, 0.25) is 0 Å². The first-order valence-electron chi connectivity index (χ1n) is 3.96. The van der Waals surface area contributed by atoms with Gasteiger partial charge in [0.05, 0.1) is 3.79 Å². The van der Waals surface area contributed by atoms with Crippen molar-refractivity contribution in [3.05, 3.63) is 20.8 Å². The Morgan fingerprint density at radius 1 is 1.62 bits per heavy atom. The summed E-state index contributed by atoms with van der Waals surface area (Å²) < 4.78 is 1.13. The van der Waals surface area contributed by atoms with Crippen LogP contribution in [0.4, 0.5) is 0 Å². The molecule has 3 N–H and O–H groups in total. The lowest BCUT2D eigenvalue weighted by Crippen LogP contribution is -2.29. The van der Waals surface area contributed by atoms with E-state index in [0.717, 1.165) is 16.6 Å². The molecule has 1 amide bonds. The molecule has 1 aromatic heterocycles. The quantitative estimate of drug-likeness (QED) is 0.494. The van der Waals surface area contributed by atoms with E-state index in [2.05, 4.69) is 27.4 Å². The van der Waals surface area contributed by atoms with Crippen LogP contribution in [0.25, 0.3) is 0 Å². The molecule has 0 aromatic carbocycles. The van der Waals surface area contributed by atoms with Gasteiger partial charge in [-0.15, -0.1) is 11.3 Å². The fourth-order valence-corrected chi connectivity index (χ4v) is 2.51. The number of aryl methyl sites for hydroxylation is 1. The second-order valence-corrected chi connectivity index (χ2v) is 5.17. The maximum Gasteiger partial charge on any atom is 0.233 e. The number of hydrazine groups is 1. The fourth-order valence-electron chi connectivity index (χ4n) is 0.981. The van der Waals surface area contributed by atoms with Gasteiger partial charge in [0.2, 0.25) is 5.91 Å². The molecule has 0 bridgehead atoms. The van der Waals surface area contributed by atoms with Gasteiger partial charge in [-0.05, 0) is 40.9 Å². The number of hydrogen-bond donors (Lipinski definition) is 2. The zero-order valence-electron chi connectivity index (χ0n) is 7.05. The number of thiophene rings is 1. The molecule has 3 nitrogen and oxygen atoms in total. The van der Waals surface area contributed by atoms with Crippen LogP contribution in [0.5, 0.6) is 0 Å². The van der Waals surface area contributed by atoms with Crippen LogP contribution in [0.15, 0.2) is 15.9 Å². The molecular weight excluding hydrogens is 252 g/mol. The van der Waals surface area contributed by atoms with Crippen molar-refractivity contribution in [2.75, 3.05) is 0 Å². The van der Waals surface area contributed by atoms with Gasteiger partial charge in [-0.25, -0.2) is 5.84 Å². The molecule has 1 aromatic rings. The molecular formula is C8H11BrN2OS. The molecule has 0 unspecified atom stereocenters. The maximum atomic E-state index is 10.8. The Morgan fingerprint density at radius 3 is 2.92 bits per heavy atom. The lowest BCUT2D eigenvalue weighted by Gasteiger charge is -1.97. The fraction of sp³-hybridized carbons (Fsp3) is 0.375. The number of nitrogens with two attached hydrogens (primary N) is 1. The average Bonchev–Trinajstić information content (AvgIpc) is 2.51. The van der Waals surface area contributed by atoms with Crippen molar-refractivity contribution in [1.29, 1.82) is 0 Å². The zero-order chi connectivity index (χ0) is 9.68. The van der Waals surface area contributed by atoms with Gasteiger partial charge in [0.25, 0.3) is 0 Å². The number of rotatable bonds is 4. The van der Waals surface area contributed by atoms with Crippen molar-refractivity contribution in [2.24, 2.45) is 5.84 Å². The summed E-state index contributed by atoms with van der Waals surface area (Å²) in [6.07, 6.45) is 2.27. The van der Waals surface area contributed by atoms with Crippen LogP contribution in [-0.2, 0) is 11.2 Å².